The Morgan fingerprint density at radius 1 is 1.18 bits per heavy atom. The zero-order valence-electron chi connectivity index (χ0n) is 8.70. The zero-order valence-corrected chi connectivity index (χ0v) is 9.52. The second-order valence-corrected chi connectivity index (χ2v) is 4.30. The van der Waals surface area contributed by atoms with Crippen LogP contribution in [0.5, 0.6) is 0 Å². The van der Waals surface area contributed by atoms with Crippen LogP contribution in [0.2, 0.25) is 0 Å². The highest BCUT2D eigenvalue weighted by Crippen LogP contribution is 2.24. The third kappa shape index (κ3) is 1.90. The maximum absolute atomic E-state index is 5.61. The molecule has 0 aliphatic rings. The quantitative estimate of drug-likeness (QED) is 0.700. The topological polar surface area (TPSA) is 77.8 Å². The Bertz CT molecular complexity index is 615. The van der Waals surface area contributed by atoms with Crippen molar-refractivity contribution in [2.24, 2.45) is 0 Å². The van der Waals surface area contributed by atoms with Gasteiger partial charge in [-0.25, -0.2) is 0 Å². The number of hydrogen-bond donors (Lipinski definition) is 1. The van der Waals surface area contributed by atoms with Crippen LogP contribution in [0.4, 0.5) is 5.69 Å². The Morgan fingerprint density at radius 2 is 2.00 bits per heavy atom. The number of thiazole rings is 1. The van der Waals surface area contributed by atoms with Crippen molar-refractivity contribution in [1.82, 2.24) is 15.1 Å². The van der Waals surface area contributed by atoms with Gasteiger partial charge in [0.15, 0.2) is 0 Å². The summed E-state index contributed by atoms with van der Waals surface area (Å²) in [7, 11) is 0. The Hall–Kier alpha value is -2.21. The van der Waals surface area contributed by atoms with Gasteiger partial charge in [0.2, 0.25) is 5.82 Å². The normalized spacial score (nSPS) is 10.6. The highest BCUT2D eigenvalue weighted by molar-refractivity contribution is 7.13. The molecule has 0 saturated heterocycles. The lowest BCUT2D eigenvalue weighted by atomic mass is 10.2. The molecule has 3 aromatic rings. The van der Waals surface area contributed by atoms with E-state index in [1.165, 1.54) is 11.3 Å². The van der Waals surface area contributed by atoms with E-state index >= 15 is 0 Å². The maximum atomic E-state index is 5.61. The molecule has 17 heavy (non-hydrogen) atoms. The van der Waals surface area contributed by atoms with Gasteiger partial charge in [0.1, 0.15) is 0 Å². The van der Waals surface area contributed by atoms with Crippen LogP contribution in [0.3, 0.4) is 0 Å². The first-order valence-corrected chi connectivity index (χ1v) is 5.79. The van der Waals surface area contributed by atoms with Gasteiger partial charge in [-0.3, -0.25) is 4.98 Å². The fourth-order valence-electron chi connectivity index (χ4n) is 1.39. The largest absolute Gasteiger partial charge is 0.399 e. The molecule has 0 saturated carbocycles. The van der Waals surface area contributed by atoms with Gasteiger partial charge in [0.05, 0.1) is 10.4 Å². The van der Waals surface area contributed by atoms with Gasteiger partial charge in [-0.05, 0) is 24.3 Å². The molecule has 3 rings (SSSR count). The van der Waals surface area contributed by atoms with E-state index < -0.39 is 0 Å². The predicted molar refractivity (Wildman–Crippen MR) is 65.3 cm³/mol. The average molecular weight is 244 g/mol. The van der Waals surface area contributed by atoms with Crippen LogP contribution < -0.4 is 5.73 Å². The third-order valence-electron chi connectivity index (χ3n) is 2.24. The standard InChI is InChI=1S/C11H8N4OS/c12-8-3-1-7(2-4-8)11-14-10(15-16-11)9-5-13-6-17-9/h1-6H,12H2. The molecule has 2 N–H and O–H groups in total. The lowest BCUT2D eigenvalue weighted by Crippen LogP contribution is -1.84. The predicted octanol–water partition coefficient (Wildman–Crippen LogP) is 2.44. The molecule has 0 aliphatic heterocycles. The number of rotatable bonds is 2. The smallest absolute Gasteiger partial charge is 0.258 e. The molecule has 2 aromatic heterocycles. The van der Waals surface area contributed by atoms with Crippen molar-refractivity contribution in [3.05, 3.63) is 36.0 Å². The van der Waals surface area contributed by atoms with Crippen molar-refractivity contribution in [2.45, 2.75) is 0 Å². The highest BCUT2D eigenvalue weighted by atomic mass is 32.1. The van der Waals surface area contributed by atoms with Crippen LogP contribution in [0.25, 0.3) is 22.2 Å². The molecule has 0 unspecified atom stereocenters. The van der Waals surface area contributed by atoms with E-state index in [2.05, 4.69) is 15.1 Å². The molecular formula is C11H8N4OS. The number of nitrogen functional groups attached to an aromatic ring is 1. The summed E-state index contributed by atoms with van der Waals surface area (Å²) in [5.41, 5.74) is 8.90. The zero-order chi connectivity index (χ0) is 11.7. The number of aromatic nitrogens is 3. The molecule has 0 bridgehead atoms. The molecule has 2 heterocycles. The minimum Gasteiger partial charge on any atom is -0.399 e. The van der Waals surface area contributed by atoms with Gasteiger partial charge in [0, 0.05) is 17.4 Å². The summed E-state index contributed by atoms with van der Waals surface area (Å²) in [6, 6.07) is 7.29. The fraction of sp³-hybridized carbons (Fsp3) is 0. The van der Waals surface area contributed by atoms with Crippen LogP contribution in [0.1, 0.15) is 0 Å². The summed E-state index contributed by atoms with van der Waals surface area (Å²) in [5, 5.41) is 3.91. The van der Waals surface area contributed by atoms with Crippen LogP contribution >= 0.6 is 11.3 Å². The van der Waals surface area contributed by atoms with Gasteiger partial charge < -0.3 is 10.3 Å². The summed E-state index contributed by atoms with van der Waals surface area (Å²) in [5.74, 6) is 1.03. The maximum Gasteiger partial charge on any atom is 0.258 e. The number of hydrogen-bond acceptors (Lipinski definition) is 6. The second-order valence-electron chi connectivity index (χ2n) is 3.41. The molecule has 84 valence electrons. The second kappa shape index (κ2) is 3.99. The van der Waals surface area contributed by atoms with Gasteiger partial charge in [-0.1, -0.05) is 5.16 Å². The summed E-state index contributed by atoms with van der Waals surface area (Å²) in [4.78, 5) is 9.16. The van der Waals surface area contributed by atoms with Crippen molar-refractivity contribution < 1.29 is 4.52 Å². The van der Waals surface area contributed by atoms with Crippen molar-refractivity contribution in [2.75, 3.05) is 5.73 Å². The molecule has 0 atom stereocenters. The molecule has 6 heteroatoms. The fourth-order valence-corrected chi connectivity index (χ4v) is 1.94. The van der Waals surface area contributed by atoms with Gasteiger partial charge in [-0.15, -0.1) is 11.3 Å². The monoisotopic (exact) mass is 244 g/mol. The van der Waals surface area contributed by atoms with Crippen molar-refractivity contribution >= 4 is 17.0 Å². The number of anilines is 1. The first-order chi connectivity index (χ1) is 8.33. The van der Waals surface area contributed by atoms with E-state index in [0.717, 1.165) is 10.4 Å². The lowest BCUT2D eigenvalue weighted by molar-refractivity contribution is 0.432. The summed E-state index contributed by atoms with van der Waals surface area (Å²) in [6.07, 6.45) is 1.71. The van der Waals surface area contributed by atoms with Crippen molar-refractivity contribution in [1.29, 1.82) is 0 Å². The van der Waals surface area contributed by atoms with E-state index in [1.807, 2.05) is 12.1 Å². The van der Waals surface area contributed by atoms with Gasteiger partial charge >= 0.3 is 0 Å². The Labute approximate surface area is 101 Å². The van der Waals surface area contributed by atoms with Crippen LogP contribution in [-0.4, -0.2) is 15.1 Å². The Balaban J connectivity index is 1.98. The van der Waals surface area contributed by atoms with Gasteiger partial charge in [0.25, 0.3) is 5.89 Å². The molecule has 5 nitrogen and oxygen atoms in total. The molecule has 0 radical (unpaired) electrons. The van der Waals surface area contributed by atoms with Crippen LogP contribution in [0, 0.1) is 0 Å². The minimum atomic E-state index is 0.480. The highest BCUT2D eigenvalue weighted by Gasteiger charge is 2.11. The summed E-state index contributed by atoms with van der Waals surface area (Å²) in [6.45, 7) is 0. The van der Waals surface area contributed by atoms with Crippen molar-refractivity contribution in [3.63, 3.8) is 0 Å². The van der Waals surface area contributed by atoms with E-state index in [4.69, 9.17) is 10.3 Å². The summed E-state index contributed by atoms with van der Waals surface area (Å²) < 4.78 is 5.19. The first kappa shape index (κ1) is 9.98. The number of nitrogens with two attached hydrogens (primary N) is 1. The molecular weight excluding hydrogens is 236 g/mol. The van der Waals surface area contributed by atoms with E-state index in [1.54, 1.807) is 23.8 Å². The molecule has 0 amide bonds. The van der Waals surface area contributed by atoms with Crippen LogP contribution in [0.15, 0.2) is 40.5 Å². The first-order valence-electron chi connectivity index (χ1n) is 4.91. The molecule has 0 spiro atoms. The van der Waals surface area contributed by atoms with Crippen molar-refractivity contribution in [3.8, 4) is 22.2 Å². The minimum absolute atomic E-state index is 0.480. The van der Waals surface area contributed by atoms with E-state index in [-0.39, 0.29) is 0 Å². The van der Waals surface area contributed by atoms with Crippen LogP contribution in [-0.2, 0) is 0 Å². The summed E-state index contributed by atoms with van der Waals surface area (Å²) >= 11 is 1.47. The van der Waals surface area contributed by atoms with E-state index in [0.29, 0.717) is 17.4 Å². The third-order valence-corrected chi connectivity index (χ3v) is 3.01. The lowest BCUT2D eigenvalue weighted by Gasteiger charge is -1.94. The van der Waals surface area contributed by atoms with E-state index in [9.17, 15) is 0 Å². The SMILES string of the molecule is Nc1ccc(-c2nc(-c3cncs3)no2)cc1. The molecule has 0 fully saturated rings. The Kier molecular flexibility index (Phi) is 2.34. The average Bonchev–Trinajstić information content (AvgIpc) is 3.00. The number of benzene rings is 1. The molecule has 1 aromatic carbocycles. The molecule has 0 aliphatic carbocycles. The number of nitrogens with zero attached hydrogens (tertiary/aromatic N) is 3. The Morgan fingerprint density at radius 3 is 2.71 bits per heavy atom. The van der Waals surface area contributed by atoms with Gasteiger partial charge in [-0.2, -0.15) is 4.98 Å².